The number of anilines is 2. The van der Waals surface area contributed by atoms with Crippen molar-refractivity contribution in [1.82, 2.24) is 4.72 Å². The maximum atomic E-state index is 13.2. The molecule has 5 rings (SSSR count). The zero-order valence-electron chi connectivity index (χ0n) is 17.0. The molecule has 2 heterocycles. The molecular formula is C23H22ClN3O4S. The first kappa shape index (κ1) is 21.2. The Morgan fingerprint density at radius 2 is 1.56 bits per heavy atom. The van der Waals surface area contributed by atoms with Gasteiger partial charge in [0.15, 0.2) is 11.5 Å². The first-order valence-electron chi connectivity index (χ1n) is 10.2. The van der Waals surface area contributed by atoms with E-state index in [1.807, 2.05) is 53.4 Å². The van der Waals surface area contributed by atoms with Gasteiger partial charge in [0.2, 0.25) is 0 Å². The highest BCUT2D eigenvalue weighted by Crippen LogP contribution is 2.48. The van der Waals surface area contributed by atoms with Crippen LogP contribution in [0, 0.1) is 4.78 Å². The minimum Gasteiger partial charge on any atom is -0.453 e. The van der Waals surface area contributed by atoms with Crippen LogP contribution in [0.3, 0.4) is 0 Å². The van der Waals surface area contributed by atoms with E-state index >= 15 is 0 Å². The third kappa shape index (κ3) is 3.74. The number of fused-ring (bicyclic) bond motifs is 2. The van der Waals surface area contributed by atoms with Crippen LogP contribution in [-0.4, -0.2) is 40.7 Å². The van der Waals surface area contributed by atoms with E-state index in [1.165, 1.54) is 0 Å². The lowest BCUT2D eigenvalue weighted by molar-refractivity contribution is -0.0242. The molecule has 9 heteroatoms. The van der Waals surface area contributed by atoms with Gasteiger partial charge in [-0.2, -0.15) is 0 Å². The molecule has 2 aliphatic heterocycles. The molecule has 0 spiro atoms. The minimum atomic E-state index is -3.46. The fourth-order valence-electron chi connectivity index (χ4n) is 4.16. The summed E-state index contributed by atoms with van der Waals surface area (Å²) in [6.45, 7) is 0.374. The van der Waals surface area contributed by atoms with E-state index in [9.17, 15) is 9.32 Å². The van der Waals surface area contributed by atoms with E-state index in [0.717, 1.165) is 11.4 Å². The molecule has 1 saturated heterocycles. The second-order valence-electron chi connectivity index (χ2n) is 7.71. The van der Waals surface area contributed by atoms with Gasteiger partial charge in [-0.3, -0.25) is 0 Å². The van der Waals surface area contributed by atoms with Crippen LogP contribution >= 0.6 is 11.6 Å². The maximum Gasteiger partial charge on any atom is 0.151 e. The summed E-state index contributed by atoms with van der Waals surface area (Å²) < 4.78 is 36.2. The smallest absolute Gasteiger partial charge is 0.151 e. The van der Waals surface area contributed by atoms with Gasteiger partial charge >= 0.3 is 0 Å². The van der Waals surface area contributed by atoms with Gasteiger partial charge in [-0.25, -0.2) is 13.7 Å². The second kappa shape index (κ2) is 8.38. The minimum absolute atomic E-state index is 0.117. The number of ether oxygens (including phenoxy) is 2. The molecular weight excluding hydrogens is 450 g/mol. The summed E-state index contributed by atoms with van der Waals surface area (Å²) in [4.78, 5) is 2.17. The Morgan fingerprint density at radius 3 is 2.22 bits per heavy atom. The molecule has 1 fully saturated rings. The fraction of sp³-hybridized carbons (Fsp3) is 0.217. The van der Waals surface area contributed by atoms with Crippen molar-refractivity contribution in [3.63, 3.8) is 0 Å². The van der Waals surface area contributed by atoms with E-state index in [-0.39, 0.29) is 23.1 Å². The Labute approximate surface area is 191 Å². The number of nitrogens with zero attached hydrogens (tertiary/aromatic N) is 1. The van der Waals surface area contributed by atoms with Crippen molar-refractivity contribution in [2.24, 2.45) is 0 Å². The molecule has 3 N–H and O–H groups in total. The lowest BCUT2D eigenvalue weighted by Crippen LogP contribution is -2.60. The van der Waals surface area contributed by atoms with Crippen LogP contribution in [0.25, 0.3) is 0 Å². The summed E-state index contributed by atoms with van der Waals surface area (Å²) in [5.41, 5.74) is 1.61. The highest BCUT2D eigenvalue weighted by molar-refractivity contribution is 7.90. The van der Waals surface area contributed by atoms with Crippen molar-refractivity contribution < 1.29 is 18.8 Å². The Balaban J connectivity index is 1.48. The largest absolute Gasteiger partial charge is 0.453 e. The predicted octanol–water partition coefficient (Wildman–Crippen LogP) is 4.32. The Hall–Kier alpha value is -2.62. The maximum absolute atomic E-state index is 13.2. The second-order valence-corrected chi connectivity index (χ2v) is 9.91. The van der Waals surface area contributed by atoms with Gasteiger partial charge in [0.1, 0.15) is 9.92 Å². The van der Waals surface area contributed by atoms with Crippen LogP contribution in [0.5, 0.6) is 11.5 Å². The lowest BCUT2D eigenvalue weighted by Gasteiger charge is -2.44. The molecule has 3 aromatic rings. The molecule has 4 unspecified atom stereocenters. The van der Waals surface area contributed by atoms with Gasteiger partial charge in [0.05, 0.1) is 52.7 Å². The molecule has 0 aliphatic carbocycles. The van der Waals surface area contributed by atoms with Crippen LogP contribution in [0.15, 0.2) is 77.7 Å². The summed E-state index contributed by atoms with van der Waals surface area (Å²) in [5.74, 6) is 1.35. The molecule has 0 aromatic heterocycles. The average Bonchev–Trinajstić information content (AvgIpc) is 2.79. The van der Waals surface area contributed by atoms with Crippen LogP contribution in [0.2, 0.25) is 5.02 Å². The number of halogens is 1. The van der Waals surface area contributed by atoms with Crippen LogP contribution in [0.4, 0.5) is 11.4 Å². The summed E-state index contributed by atoms with van der Waals surface area (Å²) >= 11 is 6.17. The summed E-state index contributed by atoms with van der Waals surface area (Å²) in [5, 5.41) is 11.6. The average molecular weight is 472 g/mol. The number of nitrogens with one attached hydrogen (secondary N) is 2. The van der Waals surface area contributed by atoms with Crippen molar-refractivity contribution in [2.45, 2.75) is 23.1 Å². The van der Waals surface area contributed by atoms with E-state index in [0.29, 0.717) is 11.5 Å². The van der Waals surface area contributed by atoms with Gasteiger partial charge in [-0.1, -0.05) is 48.0 Å². The van der Waals surface area contributed by atoms with E-state index in [2.05, 4.69) is 4.72 Å². The van der Waals surface area contributed by atoms with Crippen LogP contribution < -0.4 is 14.4 Å². The van der Waals surface area contributed by atoms with Gasteiger partial charge in [-0.05, 0) is 36.4 Å². The van der Waals surface area contributed by atoms with Crippen molar-refractivity contribution >= 4 is 32.9 Å². The Kier molecular flexibility index (Phi) is 5.56. The molecule has 166 valence electrons. The number of rotatable bonds is 4. The zero-order valence-corrected chi connectivity index (χ0v) is 18.6. The van der Waals surface area contributed by atoms with E-state index in [4.69, 9.17) is 25.9 Å². The monoisotopic (exact) mass is 471 g/mol. The van der Waals surface area contributed by atoms with Crippen molar-refractivity contribution in [3.05, 3.63) is 77.8 Å². The number of hydrogen-bond acceptors (Lipinski definition) is 6. The number of hydrogen-bond donors (Lipinski definition) is 3. The van der Waals surface area contributed by atoms with Crippen LogP contribution in [0.1, 0.15) is 0 Å². The normalized spacial score (nSPS) is 24.1. The number of benzene rings is 3. The topological polar surface area (TPSA) is 94.9 Å². The summed E-state index contributed by atoms with van der Waals surface area (Å²) in [6.07, 6.45) is -0.975. The van der Waals surface area contributed by atoms with Gasteiger partial charge in [-0.15, -0.1) is 0 Å². The van der Waals surface area contributed by atoms with E-state index < -0.39 is 28.1 Å². The highest BCUT2D eigenvalue weighted by atomic mass is 35.5. The molecule has 0 bridgehead atoms. The third-order valence-electron chi connectivity index (χ3n) is 5.66. The molecule has 7 nitrogen and oxygen atoms in total. The molecule has 2 aliphatic rings. The number of aliphatic hydroxyl groups is 1. The zero-order chi connectivity index (χ0) is 22.3. The highest BCUT2D eigenvalue weighted by Gasteiger charge is 2.41. The molecule has 3 aromatic carbocycles. The number of aliphatic hydroxyl groups excluding tert-OH is 1. The van der Waals surface area contributed by atoms with Gasteiger partial charge < -0.3 is 19.5 Å². The fourth-order valence-corrected chi connectivity index (χ4v) is 5.99. The van der Waals surface area contributed by atoms with Crippen molar-refractivity contribution in [3.8, 4) is 11.5 Å². The summed E-state index contributed by atoms with van der Waals surface area (Å²) in [6, 6.07) is 20.5. The predicted molar refractivity (Wildman–Crippen MR) is 123 cm³/mol. The Morgan fingerprint density at radius 1 is 0.969 bits per heavy atom. The standard InChI is InChI=1S/C23H22ClN3O4S/c24-15-7-1-6-12-22(15)32(25,29)26-16-13-30-14-19(23(16)28)27-17-8-2-4-10-20(17)31-21-11-5-3-9-18(21)27/h1-12,16,19,23,28H,13-14H2,(H2,25,26,29). The van der Waals surface area contributed by atoms with Gasteiger partial charge in [0, 0.05) is 0 Å². The number of para-hydroxylation sites is 4. The summed E-state index contributed by atoms with van der Waals surface area (Å²) in [7, 11) is -3.46. The van der Waals surface area contributed by atoms with Crippen molar-refractivity contribution in [1.29, 1.82) is 4.78 Å². The lowest BCUT2D eigenvalue weighted by atomic mass is 9.98. The first-order valence-corrected chi connectivity index (χ1v) is 12.1. The van der Waals surface area contributed by atoms with Crippen molar-refractivity contribution in [2.75, 3.05) is 18.1 Å². The molecule has 0 radical (unpaired) electrons. The first-order chi connectivity index (χ1) is 15.5. The van der Waals surface area contributed by atoms with Crippen LogP contribution in [-0.2, 0) is 14.7 Å². The quantitative estimate of drug-likeness (QED) is 0.526. The Bertz CT molecular complexity index is 1210. The van der Waals surface area contributed by atoms with E-state index in [1.54, 1.807) is 24.3 Å². The molecule has 32 heavy (non-hydrogen) atoms. The third-order valence-corrected chi connectivity index (χ3v) is 7.71. The van der Waals surface area contributed by atoms with Gasteiger partial charge in [0.25, 0.3) is 0 Å². The molecule has 0 amide bonds. The molecule has 4 atom stereocenters. The molecule has 0 saturated carbocycles. The SMILES string of the molecule is N=S(=O)(NC1COCC(N2c3ccccc3Oc3ccccc32)C1O)c1ccccc1Cl.